The third kappa shape index (κ3) is 3.30. The molecule has 1 aromatic rings. The Labute approximate surface area is 120 Å². The van der Waals surface area contributed by atoms with Gasteiger partial charge in [0, 0.05) is 18.2 Å². The Balaban J connectivity index is 2.11. The number of carbonyl (C=O) groups excluding carboxylic acids is 1. The van der Waals surface area contributed by atoms with Crippen LogP contribution in [0.2, 0.25) is 0 Å². The van der Waals surface area contributed by atoms with Gasteiger partial charge >= 0.3 is 5.91 Å². The van der Waals surface area contributed by atoms with Gasteiger partial charge in [0.15, 0.2) is 6.20 Å². The van der Waals surface area contributed by atoms with Crippen LogP contribution in [0.15, 0.2) is 24.4 Å². The lowest BCUT2D eigenvalue weighted by Gasteiger charge is -2.40. The molecule has 1 N–H and O–H groups in total. The van der Waals surface area contributed by atoms with Crippen LogP contribution in [0.4, 0.5) is 0 Å². The fraction of sp³-hybridized carbons (Fsp3) is 0.625. The molecule has 4 heteroatoms. The Hall–Kier alpha value is -1.58. The van der Waals surface area contributed by atoms with E-state index in [4.69, 9.17) is 0 Å². The highest BCUT2D eigenvalue weighted by Gasteiger charge is 2.35. The van der Waals surface area contributed by atoms with Gasteiger partial charge in [-0.05, 0) is 30.2 Å². The lowest BCUT2D eigenvalue weighted by atomic mass is 9.69. The molecule has 0 radical (unpaired) electrons. The van der Waals surface area contributed by atoms with Gasteiger partial charge in [-0.2, -0.15) is 4.73 Å². The average Bonchev–Trinajstić information content (AvgIpc) is 2.38. The molecule has 1 saturated carbocycles. The first kappa shape index (κ1) is 14.8. The van der Waals surface area contributed by atoms with Crippen molar-refractivity contribution in [2.75, 3.05) is 0 Å². The smallest absolute Gasteiger partial charge is 0.317 e. The van der Waals surface area contributed by atoms with E-state index in [1.165, 1.54) is 12.6 Å². The van der Waals surface area contributed by atoms with Gasteiger partial charge in [-0.15, -0.1) is 0 Å². The van der Waals surface area contributed by atoms with Crippen LogP contribution < -0.4 is 10.0 Å². The molecule has 0 bridgehead atoms. The van der Waals surface area contributed by atoms with Gasteiger partial charge in [0.05, 0.1) is 0 Å². The molecule has 0 aromatic carbocycles. The van der Waals surface area contributed by atoms with Crippen molar-refractivity contribution in [3.05, 3.63) is 35.3 Å². The summed E-state index contributed by atoms with van der Waals surface area (Å²) in [6, 6.07) is 5.07. The number of amides is 1. The Morgan fingerprint density at radius 1 is 1.30 bits per heavy atom. The molecule has 1 aliphatic carbocycles. The minimum Gasteiger partial charge on any atom is -0.618 e. The van der Waals surface area contributed by atoms with E-state index < -0.39 is 0 Å². The Morgan fingerprint density at radius 2 is 2.00 bits per heavy atom. The molecular formula is C16H24N2O2. The Bertz CT molecular complexity index is 480. The van der Waals surface area contributed by atoms with Crippen LogP contribution >= 0.6 is 0 Å². The van der Waals surface area contributed by atoms with Crippen molar-refractivity contribution in [1.29, 1.82) is 0 Å². The van der Waals surface area contributed by atoms with E-state index in [-0.39, 0.29) is 23.1 Å². The zero-order valence-corrected chi connectivity index (χ0v) is 12.6. The molecule has 1 aliphatic rings. The molecular weight excluding hydrogens is 252 g/mol. The van der Waals surface area contributed by atoms with E-state index in [9.17, 15) is 10.0 Å². The molecule has 4 nitrogen and oxygen atoms in total. The van der Waals surface area contributed by atoms with Gasteiger partial charge in [-0.25, -0.2) is 0 Å². The number of hydrogen-bond acceptors (Lipinski definition) is 2. The lowest BCUT2D eigenvalue weighted by molar-refractivity contribution is -0.607. The van der Waals surface area contributed by atoms with Crippen molar-refractivity contribution < 1.29 is 9.52 Å². The normalized spacial score (nSPS) is 23.4. The zero-order valence-electron chi connectivity index (χ0n) is 12.6. The van der Waals surface area contributed by atoms with Gasteiger partial charge in [-0.3, -0.25) is 4.79 Å². The second kappa shape index (κ2) is 5.81. The van der Waals surface area contributed by atoms with Crippen LogP contribution in [-0.4, -0.2) is 11.9 Å². The molecule has 0 aliphatic heterocycles. The first-order chi connectivity index (χ1) is 9.39. The van der Waals surface area contributed by atoms with Gasteiger partial charge in [0.1, 0.15) is 0 Å². The van der Waals surface area contributed by atoms with Crippen LogP contribution in [0.5, 0.6) is 0 Å². The fourth-order valence-electron chi connectivity index (χ4n) is 3.19. The topological polar surface area (TPSA) is 56.0 Å². The summed E-state index contributed by atoms with van der Waals surface area (Å²) in [6.45, 7) is 6.66. The van der Waals surface area contributed by atoms with E-state index in [1.807, 2.05) is 0 Å². The highest BCUT2D eigenvalue weighted by Crippen LogP contribution is 2.38. The number of carbonyl (C=O) groups is 1. The molecule has 1 aromatic heterocycles. The summed E-state index contributed by atoms with van der Waals surface area (Å²) >= 11 is 0. The van der Waals surface area contributed by atoms with Gasteiger partial charge in [0.2, 0.25) is 0 Å². The SMILES string of the molecule is CC(C)(C)C1CCCCC1NC(=O)c1cccc[n+]1[O-]. The second-order valence-corrected chi connectivity index (χ2v) is 6.75. The summed E-state index contributed by atoms with van der Waals surface area (Å²) in [6.07, 6.45) is 5.86. The fourth-order valence-corrected chi connectivity index (χ4v) is 3.19. The van der Waals surface area contributed by atoms with Crippen molar-refractivity contribution in [2.24, 2.45) is 11.3 Å². The second-order valence-electron chi connectivity index (χ2n) is 6.75. The number of aromatic nitrogens is 1. The van der Waals surface area contributed by atoms with Crippen LogP contribution in [0.3, 0.4) is 0 Å². The van der Waals surface area contributed by atoms with Crippen molar-refractivity contribution in [3.8, 4) is 0 Å². The molecule has 1 amide bonds. The molecule has 20 heavy (non-hydrogen) atoms. The van der Waals surface area contributed by atoms with E-state index in [1.54, 1.807) is 18.2 Å². The number of nitrogens with zero attached hydrogens (tertiary/aromatic N) is 1. The summed E-state index contributed by atoms with van der Waals surface area (Å²) in [5.74, 6) is 0.200. The molecule has 1 heterocycles. The highest BCUT2D eigenvalue weighted by molar-refractivity contribution is 5.91. The number of nitrogens with one attached hydrogen (secondary N) is 1. The molecule has 2 atom stereocenters. The Kier molecular flexibility index (Phi) is 4.31. The molecule has 2 rings (SSSR count). The maximum Gasteiger partial charge on any atom is 0.317 e. The van der Waals surface area contributed by atoms with Crippen LogP contribution in [0.25, 0.3) is 0 Å². The van der Waals surface area contributed by atoms with E-state index in [0.717, 1.165) is 19.3 Å². The predicted octanol–water partition coefficient (Wildman–Crippen LogP) is 2.65. The summed E-state index contributed by atoms with van der Waals surface area (Å²) < 4.78 is 0.629. The standard InChI is InChI=1S/C16H24N2O2/c1-16(2,3)12-8-4-5-9-13(12)17-15(19)14-10-6-7-11-18(14)20/h6-7,10-13H,4-5,8-9H2,1-3H3,(H,17,19). The first-order valence-electron chi connectivity index (χ1n) is 7.38. The molecule has 0 saturated heterocycles. The summed E-state index contributed by atoms with van der Waals surface area (Å²) in [7, 11) is 0. The Morgan fingerprint density at radius 3 is 2.65 bits per heavy atom. The quantitative estimate of drug-likeness (QED) is 0.667. The summed E-state index contributed by atoms with van der Waals surface area (Å²) in [4.78, 5) is 12.3. The number of pyridine rings is 1. The number of hydrogen-bond donors (Lipinski definition) is 1. The lowest BCUT2D eigenvalue weighted by Crippen LogP contribution is -2.49. The van der Waals surface area contributed by atoms with Gasteiger partial charge < -0.3 is 10.5 Å². The summed E-state index contributed by atoms with van der Waals surface area (Å²) in [5, 5.41) is 14.7. The highest BCUT2D eigenvalue weighted by atomic mass is 16.5. The number of rotatable bonds is 2. The van der Waals surface area contributed by atoms with Crippen molar-refractivity contribution in [1.82, 2.24) is 5.32 Å². The monoisotopic (exact) mass is 276 g/mol. The molecule has 2 unspecified atom stereocenters. The van der Waals surface area contributed by atoms with Crippen LogP contribution in [0, 0.1) is 16.5 Å². The predicted molar refractivity (Wildman–Crippen MR) is 78.1 cm³/mol. The maximum absolute atomic E-state index is 12.3. The molecule has 1 fully saturated rings. The van der Waals surface area contributed by atoms with Crippen molar-refractivity contribution in [3.63, 3.8) is 0 Å². The first-order valence-corrected chi connectivity index (χ1v) is 7.38. The van der Waals surface area contributed by atoms with Crippen LogP contribution in [0.1, 0.15) is 56.9 Å². The third-order valence-electron chi connectivity index (χ3n) is 4.25. The zero-order chi connectivity index (χ0) is 14.8. The van der Waals surface area contributed by atoms with E-state index in [2.05, 4.69) is 26.1 Å². The minimum atomic E-state index is -0.262. The van der Waals surface area contributed by atoms with Crippen molar-refractivity contribution in [2.45, 2.75) is 52.5 Å². The van der Waals surface area contributed by atoms with Crippen LogP contribution in [-0.2, 0) is 0 Å². The van der Waals surface area contributed by atoms with Crippen molar-refractivity contribution >= 4 is 5.91 Å². The van der Waals surface area contributed by atoms with E-state index in [0.29, 0.717) is 10.6 Å². The third-order valence-corrected chi connectivity index (χ3v) is 4.25. The molecule has 110 valence electrons. The molecule has 0 spiro atoms. The average molecular weight is 276 g/mol. The van der Waals surface area contributed by atoms with Gasteiger partial charge in [-0.1, -0.05) is 33.6 Å². The minimum absolute atomic E-state index is 0.163. The van der Waals surface area contributed by atoms with Gasteiger partial charge in [0.25, 0.3) is 5.69 Å². The maximum atomic E-state index is 12.3. The van der Waals surface area contributed by atoms with E-state index >= 15 is 0 Å². The largest absolute Gasteiger partial charge is 0.618 e. The summed E-state index contributed by atoms with van der Waals surface area (Å²) in [5.41, 5.74) is 0.341.